The lowest BCUT2D eigenvalue weighted by atomic mass is 10.1. The third-order valence-electron chi connectivity index (χ3n) is 3.39. The highest BCUT2D eigenvalue weighted by Crippen LogP contribution is 2.26. The molecular weight excluding hydrogens is 260 g/mol. The largest absolute Gasteiger partial charge is 0.472 e. The number of benzene rings is 1. The molecule has 0 saturated carbocycles. The predicted octanol–water partition coefficient (Wildman–Crippen LogP) is 3.50. The van der Waals surface area contributed by atoms with E-state index in [0.717, 1.165) is 17.7 Å². The maximum absolute atomic E-state index is 5.92. The van der Waals surface area contributed by atoms with Crippen LogP contribution in [0.3, 0.4) is 0 Å². The second-order valence-corrected chi connectivity index (χ2v) is 5.08. The van der Waals surface area contributed by atoms with Gasteiger partial charge in [-0.25, -0.2) is 4.98 Å². The van der Waals surface area contributed by atoms with Crippen molar-refractivity contribution >= 4 is 5.57 Å². The van der Waals surface area contributed by atoms with Crippen molar-refractivity contribution in [2.45, 2.75) is 6.61 Å². The number of likely N-dealkylation sites (N-methyl/N-ethyl adjacent to an activating group) is 1. The molecule has 2 heterocycles. The van der Waals surface area contributed by atoms with Gasteiger partial charge >= 0.3 is 0 Å². The van der Waals surface area contributed by atoms with Gasteiger partial charge in [-0.05, 0) is 35.5 Å². The molecule has 2 aromatic rings. The van der Waals surface area contributed by atoms with Gasteiger partial charge in [-0.15, -0.1) is 0 Å². The summed E-state index contributed by atoms with van der Waals surface area (Å²) in [7, 11) is 2.06. The number of pyridine rings is 1. The molecule has 21 heavy (non-hydrogen) atoms. The Balaban J connectivity index is 1.80. The van der Waals surface area contributed by atoms with E-state index in [0.29, 0.717) is 12.5 Å². The SMILES string of the molecule is CN1C=CC=C(c2cccnc2OCc2ccccc2)C1. The van der Waals surface area contributed by atoms with E-state index in [9.17, 15) is 0 Å². The second kappa shape index (κ2) is 6.27. The topological polar surface area (TPSA) is 25.4 Å². The maximum atomic E-state index is 5.92. The molecule has 3 heteroatoms. The minimum Gasteiger partial charge on any atom is -0.472 e. The van der Waals surface area contributed by atoms with E-state index in [1.807, 2.05) is 30.3 Å². The highest BCUT2D eigenvalue weighted by molar-refractivity contribution is 5.72. The minimum atomic E-state index is 0.532. The number of allylic oxidation sites excluding steroid dienone is 2. The summed E-state index contributed by atoms with van der Waals surface area (Å²) < 4.78 is 5.92. The first-order valence-electron chi connectivity index (χ1n) is 7.02. The Morgan fingerprint density at radius 2 is 2.00 bits per heavy atom. The fraction of sp³-hybridized carbons (Fsp3) is 0.167. The van der Waals surface area contributed by atoms with E-state index >= 15 is 0 Å². The lowest BCUT2D eigenvalue weighted by Gasteiger charge is -2.21. The van der Waals surface area contributed by atoms with Gasteiger partial charge in [0.25, 0.3) is 0 Å². The van der Waals surface area contributed by atoms with Crippen molar-refractivity contribution in [3.05, 3.63) is 78.1 Å². The van der Waals surface area contributed by atoms with E-state index in [1.54, 1.807) is 6.20 Å². The van der Waals surface area contributed by atoms with Crippen LogP contribution in [-0.2, 0) is 6.61 Å². The fourth-order valence-electron chi connectivity index (χ4n) is 2.33. The lowest BCUT2D eigenvalue weighted by Crippen LogP contribution is -2.16. The summed E-state index contributed by atoms with van der Waals surface area (Å²) in [4.78, 5) is 6.53. The fourth-order valence-corrected chi connectivity index (χ4v) is 2.33. The van der Waals surface area contributed by atoms with Crippen molar-refractivity contribution in [1.29, 1.82) is 0 Å². The average Bonchev–Trinajstić information content (AvgIpc) is 2.54. The summed E-state index contributed by atoms with van der Waals surface area (Å²) in [6.45, 7) is 1.40. The Bertz CT molecular complexity index is 662. The predicted molar refractivity (Wildman–Crippen MR) is 84.8 cm³/mol. The Morgan fingerprint density at radius 3 is 2.81 bits per heavy atom. The molecule has 0 unspecified atom stereocenters. The van der Waals surface area contributed by atoms with Gasteiger partial charge in [-0.3, -0.25) is 0 Å². The summed E-state index contributed by atoms with van der Waals surface area (Å²) in [5.41, 5.74) is 3.42. The van der Waals surface area contributed by atoms with Gasteiger partial charge in [-0.2, -0.15) is 0 Å². The van der Waals surface area contributed by atoms with Gasteiger partial charge in [0.15, 0.2) is 0 Å². The van der Waals surface area contributed by atoms with Crippen molar-refractivity contribution in [1.82, 2.24) is 9.88 Å². The molecular formula is C18H18N2O. The molecule has 0 saturated heterocycles. The van der Waals surface area contributed by atoms with Crippen LogP contribution < -0.4 is 4.74 Å². The van der Waals surface area contributed by atoms with Gasteiger partial charge in [-0.1, -0.05) is 36.4 Å². The molecule has 0 fully saturated rings. The molecule has 0 spiro atoms. The molecule has 106 valence electrons. The summed E-state index contributed by atoms with van der Waals surface area (Å²) >= 11 is 0. The molecule has 1 aromatic carbocycles. The normalized spacial score (nSPS) is 14.0. The second-order valence-electron chi connectivity index (χ2n) is 5.08. The molecule has 1 aliphatic heterocycles. The summed E-state index contributed by atoms with van der Waals surface area (Å²) in [5, 5.41) is 0. The first kappa shape index (κ1) is 13.4. The number of rotatable bonds is 4. The van der Waals surface area contributed by atoms with Crippen LogP contribution in [0.1, 0.15) is 11.1 Å². The Hall–Kier alpha value is -2.55. The van der Waals surface area contributed by atoms with E-state index in [-0.39, 0.29) is 0 Å². The van der Waals surface area contributed by atoms with Crippen LogP contribution in [0.25, 0.3) is 5.57 Å². The van der Waals surface area contributed by atoms with Crippen LogP contribution in [0.2, 0.25) is 0 Å². The smallest absolute Gasteiger partial charge is 0.221 e. The Kier molecular flexibility index (Phi) is 4.01. The molecule has 0 atom stereocenters. The molecule has 3 nitrogen and oxygen atoms in total. The minimum absolute atomic E-state index is 0.532. The van der Waals surface area contributed by atoms with Gasteiger partial charge in [0.1, 0.15) is 6.61 Å². The maximum Gasteiger partial charge on any atom is 0.221 e. The molecule has 0 aliphatic carbocycles. The first-order valence-corrected chi connectivity index (χ1v) is 7.02. The van der Waals surface area contributed by atoms with Crippen LogP contribution in [-0.4, -0.2) is 23.5 Å². The third-order valence-corrected chi connectivity index (χ3v) is 3.39. The van der Waals surface area contributed by atoms with Gasteiger partial charge < -0.3 is 9.64 Å². The van der Waals surface area contributed by atoms with Crippen molar-refractivity contribution in [3.63, 3.8) is 0 Å². The average molecular weight is 278 g/mol. The molecule has 0 N–H and O–H groups in total. The zero-order valence-corrected chi connectivity index (χ0v) is 12.1. The number of hydrogen-bond donors (Lipinski definition) is 0. The third kappa shape index (κ3) is 3.31. The van der Waals surface area contributed by atoms with E-state index in [2.05, 4.69) is 47.4 Å². The number of hydrogen-bond acceptors (Lipinski definition) is 3. The number of aromatic nitrogens is 1. The summed E-state index contributed by atoms with van der Waals surface area (Å²) in [5.74, 6) is 0.691. The quantitative estimate of drug-likeness (QED) is 0.856. The van der Waals surface area contributed by atoms with Crippen molar-refractivity contribution in [2.24, 2.45) is 0 Å². The van der Waals surface area contributed by atoms with E-state index in [4.69, 9.17) is 4.74 Å². The molecule has 1 aromatic heterocycles. The number of ether oxygens (including phenoxy) is 1. The van der Waals surface area contributed by atoms with Crippen molar-refractivity contribution < 1.29 is 4.74 Å². The van der Waals surface area contributed by atoms with Gasteiger partial charge in [0.05, 0.1) is 0 Å². The van der Waals surface area contributed by atoms with Gasteiger partial charge in [0, 0.05) is 25.4 Å². The van der Waals surface area contributed by atoms with Crippen LogP contribution in [0.15, 0.2) is 67.0 Å². The van der Waals surface area contributed by atoms with E-state index in [1.165, 1.54) is 5.57 Å². The Labute approximate surface area is 125 Å². The van der Waals surface area contributed by atoms with Crippen molar-refractivity contribution in [2.75, 3.05) is 13.6 Å². The zero-order chi connectivity index (χ0) is 14.5. The standard InChI is InChI=1S/C18H18N2O/c1-20-12-6-9-16(13-20)17-10-5-11-19-18(17)21-14-15-7-3-2-4-8-15/h2-12H,13-14H2,1H3. The highest BCUT2D eigenvalue weighted by Gasteiger charge is 2.12. The van der Waals surface area contributed by atoms with Crippen molar-refractivity contribution in [3.8, 4) is 5.88 Å². The summed E-state index contributed by atoms with van der Waals surface area (Å²) in [6, 6.07) is 14.2. The summed E-state index contributed by atoms with van der Waals surface area (Å²) in [6.07, 6.45) is 8.00. The molecule has 0 radical (unpaired) electrons. The lowest BCUT2D eigenvalue weighted by molar-refractivity contribution is 0.292. The van der Waals surface area contributed by atoms with E-state index < -0.39 is 0 Å². The van der Waals surface area contributed by atoms with Gasteiger partial charge in [0.2, 0.25) is 5.88 Å². The molecule has 0 bridgehead atoms. The molecule has 1 aliphatic rings. The monoisotopic (exact) mass is 278 g/mol. The zero-order valence-electron chi connectivity index (χ0n) is 12.1. The number of nitrogens with zero attached hydrogens (tertiary/aromatic N) is 2. The van der Waals surface area contributed by atoms with Crippen LogP contribution in [0.5, 0.6) is 5.88 Å². The molecule has 3 rings (SSSR count). The van der Waals surface area contributed by atoms with Crippen LogP contribution >= 0.6 is 0 Å². The van der Waals surface area contributed by atoms with Crippen LogP contribution in [0, 0.1) is 0 Å². The Morgan fingerprint density at radius 1 is 1.14 bits per heavy atom. The van der Waals surface area contributed by atoms with Crippen LogP contribution in [0.4, 0.5) is 0 Å². The molecule has 0 amide bonds. The first-order chi connectivity index (χ1) is 10.3. The highest BCUT2D eigenvalue weighted by atomic mass is 16.5.